The second-order valence-corrected chi connectivity index (χ2v) is 6.83. The first-order valence-electron chi connectivity index (χ1n) is 7.43. The highest BCUT2D eigenvalue weighted by atomic mass is 14.5. The van der Waals surface area contributed by atoms with Crippen LogP contribution in [0.1, 0.15) is 77.0 Å². The zero-order chi connectivity index (χ0) is 11.1. The molecule has 3 saturated carbocycles. The van der Waals surface area contributed by atoms with Gasteiger partial charge in [0.15, 0.2) is 0 Å². The Bertz CT molecular complexity index is 274. The summed E-state index contributed by atoms with van der Waals surface area (Å²) < 4.78 is 0. The Morgan fingerprint density at radius 3 is 2.06 bits per heavy atom. The predicted octanol–water partition coefficient (Wildman–Crippen LogP) is 5.24. The maximum absolute atomic E-state index is 4.45. The Hall–Kier alpha value is -0.260. The third-order valence-electron chi connectivity index (χ3n) is 5.90. The Kier molecular flexibility index (Phi) is 2.64. The van der Waals surface area contributed by atoms with Gasteiger partial charge in [0, 0.05) is 0 Å². The van der Waals surface area contributed by atoms with Crippen LogP contribution >= 0.6 is 0 Å². The fourth-order valence-corrected chi connectivity index (χ4v) is 4.92. The van der Waals surface area contributed by atoms with Crippen molar-refractivity contribution in [3.63, 3.8) is 0 Å². The van der Waals surface area contributed by atoms with Crippen LogP contribution in [0.5, 0.6) is 0 Å². The van der Waals surface area contributed by atoms with Crippen LogP contribution in [0.25, 0.3) is 0 Å². The van der Waals surface area contributed by atoms with Crippen molar-refractivity contribution in [1.29, 1.82) is 0 Å². The molecule has 16 heavy (non-hydrogen) atoms. The summed E-state index contributed by atoms with van der Waals surface area (Å²) in [4.78, 5) is 0. The van der Waals surface area contributed by atoms with Gasteiger partial charge in [-0.25, -0.2) is 0 Å². The lowest BCUT2D eigenvalue weighted by Gasteiger charge is -2.50. The van der Waals surface area contributed by atoms with Gasteiger partial charge in [-0.1, -0.05) is 44.3 Å². The van der Waals surface area contributed by atoms with E-state index >= 15 is 0 Å². The van der Waals surface area contributed by atoms with Crippen LogP contribution in [-0.4, -0.2) is 0 Å². The second-order valence-electron chi connectivity index (χ2n) is 6.83. The summed E-state index contributed by atoms with van der Waals surface area (Å²) in [5.74, 6) is 0. The summed E-state index contributed by atoms with van der Waals surface area (Å²) in [6.45, 7) is 4.45. The molecule has 0 heteroatoms. The summed E-state index contributed by atoms with van der Waals surface area (Å²) in [5, 5.41) is 0. The lowest BCUT2D eigenvalue weighted by atomic mass is 9.55. The van der Waals surface area contributed by atoms with Crippen molar-refractivity contribution < 1.29 is 0 Å². The average Bonchev–Trinajstić information content (AvgIpc) is 2.74. The first kappa shape index (κ1) is 10.9. The number of rotatable bonds is 0. The van der Waals surface area contributed by atoms with Gasteiger partial charge in [0.05, 0.1) is 0 Å². The van der Waals surface area contributed by atoms with Gasteiger partial charge in [0.1, 0.15) is 0 Å². The third-order valence-corrected chi connectivity index (χ3v) is 5.90. The van der Waals surface area contributed by atoms with Gasteiger partial charge < -0.3 is 0 Å². The van der Waals surface area contributed by atoms with Crippen LogP contribution < -0.4 is 0 Å². The van der Waals surface area contributed by atoms with Gasteiger partial charge in [-0.15, -0.1) is 0 Å². The first-order chi connectivity index (χ1) is 7.75. The Labute approximate surface area is 101 Å². The van der Waals surface area contributed by atoms with Gasteiger partial charge in [-0.2, -0.15) is 0 Å². The van der Waals surface area contributed by atoms with Crippen LogP contribution in [0.15, 0.2) is 12.2 Å². The van der Waals surface area contributed by atoms with Crippen LogP contribution in [0, 0.1) is 10.8 Å². The van der Waals surface area contributed by atoms with E-state index in [0.717, 1.165) is 5.41 Å². The van der Waals surface area contributed by atoms with Crippen molar-refractivity contribution in [3.05, 3.63) is 12.2 Å². The van der Waals surface area contributed by atoms with Crippen molar-refractivity contribution in [3.8, 4) is 0 Å². The molecule has 0 aromatic heterocycles. The van der Waals surface area contributed by atoms with E-state index in [0.29, 0.717) is 5.41 Å². The highest BCUT2D eigenvalue weighted by molar-refractivity contribution is 5.18. The molecule has 0 aromatic carbocycles. The molecule has 0 aliphatic heterocycles. The minimum Gasteiger partial charge on any atom is -0.0993 e. The molecule has 2 spiro atoms. The molecule has 0 aromatic rings. The molecule has 0 bridgehead atoms. The maximum atomic E-state index is 4.45. The molecule has 0 radical (unpaired) electrons. The fourth-order valence-electron chi connectivity index (χ4n) is 4.92. The van der Waals surface area contributed by atoms with Crippen molar-refractivity contribution in [2.75, 3.05) is 0 Å². The minimum atomic E-state index is 0.598. The molecular formula is C16H26. The highest BCUT2D eigenvalue weighted by Gasteiger charge is 2.47. The normalized spacial score (nSPS) is 32.4. The molecule has 0 amide bonds. The summed E-state index contributed by atoms with van der Waals surface area (Å²) in [7, 11) is 0. The van der Waals surface area contributed by atoms with E-state index in [1.54, 1.807) is 5.57 Å². The molecule has 0 atom stereocenters. The van der Waals surface area contributed by atoms with Crippen LogP contribution in [0.2, 0.25) is 0 Å². The molecule has 3 rings (SSSR count). The lowest BCUT2D eigenvalue weighted by Crippen LogP contribution is -2.38. The molecule has 0 nitrogen and oxygen atoms in total. The van der Waals surface area contributed by atoms with E-state index in [4.69, 9.17) is 0 Å². The predicted molar refractivity (Wildman–Crippen MR) is 69.4 cm³/mol. The average molecular weight is 218 g/mol. The third kappa shape index (κ3) is 1.65. The molecule has 3 aliphatic carbocycles. The summed E-state index contributed by atoms with van der Waals surface area (Å²) >= 11 is 0. The molecule has 0 N–H and O–H groups in total. The minimum absolute atomic E-state index is 0.598. The van der Waals surface area contributed by atoms with Crippen molar-refractivity contribution >= 4 is 0 Å². The zero-order valence-corrected chi connectivity index (χ0v) is 10.7. The zero-order valence-electron chi connectivity index (χ0n) is 10.7. The number of hydrogen-bond donors (Lipinski definition) is 0. The van der Waals surface area contributed by atoms with E-state index in [9.17, 15) is 0 Å². The van der Waals surface area contributed by atoms with E-state index in [2.05, 4.69) is 6.58 Å². The van der Waals surface area contributed by atoms with E-state index in [1.807, 2.05) is 0 Å². The number of hydrogen-bond acceptors (Lipinski definition) is 0. The number of allylic oxidation sites excluding steroid dienone is 1. The summed E-state index contributed by atoms with van der Waals surface area (Å²) in [5.41, 5.74) is 2.99. The van der Waals surface area contributed by atoms with Gasteiger partial charge in [0.25, 0.3) is 0 Å². The van der Waals surface area contributed by atoms with Crippen LogP contribution in [0.4, 0.5) is 0 Å². The van der Waals surface area contributed by atoms with Crippen molar-refractivity contribution in [1.82, 2.24) is 0 Å². The quantitative estimate of drug-likeness (QED) is 0.488. The van der Waals surface area contributed by atoms with Crippen LogP contribution in [0.3, 0.4) is 0 Å². The topological polar surface area (TPSA) is 0 Å². The Morgan fingerprint density at radius 2 is 1.38 bits per heavy atom. The summed E-state index contributed by atoms with van der Waals surface area (Å²) in [6.07, 6.45) is 17.7. The van der Waals surface area contributed by atoms with Gasteiger partial charge >= 0.3 is 0 Å². The second kappa shape index (κ2) is 3.89. The molecular weight excluding hydrogens is 192 g/mol. The molecule has 3 fully saturated rings. The van der Waals surface area contributed by atoms with E-state index < -0.39 is 0 Å². The Balaban J connectivity index is 1.82. The fraction of sp³-hybridized carbons (Fsp3) is 0.875. The molecule has 0 heterocycles. The maximum Gasteiger partial charge on any atom is -0.00855 e. The van der Waals surface area contributed by atoms with Crippen molar-refractivity contribution in [2.24, 2.45) is 10.8 Å². The van der Waals surface area contributed by atoms with E-state index in [-0.39, 0.29) is 0 Å². The Morgan fingerprint density at radius 1 is 0.750 bits per heavy atom. The largest absolute Gasteiger partial charge is 0.0993 e. The first-order valence-corrected chi connectivity index (χ1v) is 7.43. The lowest BCUT2D eigenvalue weighted by molar-refractivity contribution is 0.0785. The van der Waals surface area contributed by atoms with Gasteiger partial charge in [-0.05, 0) is 55.8 Å². The molecule has 3 aliphatic rings. The summed E-state index contributed by atoms with van der Waals surface area (Å²) in [6, 6.07) is 0. The van der Waals surface area contributed by atoms with Gasteiger partial charge in [0.2, 0.25) is 0 Å². The highest BCUT2D eigenvalue weighted by Crippen LogP contribution is 2.60. The van der Waals surface area contributed by atoms with Crippen molar-refractivity contribution in [2.45, 2.75) is 77.0 Å². The standard InChI is InChI=1S/C16H26/c1-14-7-12-15(8-5-6-9-15)13-16(14)10-3-2-4-11-16/h1-13H2. The monoisotopic (exact) mass is 218 g/mol. The SMILES string of the molecule is C=C1CCC2(CCCC2)CC12CCCCC2. The molecule has 0 unspecified atom stereocenters. The smallest absolute Gasteiger partial charge is 0.00855 e. The molecule has 0 saturated heterocycles. The van der Waals surface area contributed by atoms with Gasteiger partial charge in [-0.3, -0.25) is 0 Å². The van der Waals surface area contributed by atoms with Crippen LogP contribution in [-0.2, 0) is 0 Å². The molecule has 90 valence electrons. The van der Waals surface area contributed by atoms with E-state index in [1.165, 1.54) is 77.0 Å².